The van der Waals surface area contributed by atoms with Gasteiger partial charge in [0.25, 0.3) is 5.91 Å². The van der Waals surface area contributed by atoms with Crippen molar-refractivity contribution < 1.29 is 9.59 Å². The Morgan fingerprint density at radius 3 is 2.89 bits per heavy atom. The zero-order valence-corrected chi connectivity index (χ0v) is 11.3. The molecular weight excluding hydrogens is 312 g/mol. The Bertz CT molecular complexity index is 619. The van der Waals surface area contributed by atoms with Crippen LogP contribution in [0, 0.1) is 11.3 Å². The quantitative estimate of drug-likeness (QED) is 0.865. The molecule has 1 aliphatic rings. The topological polar surface area (TPSA) is 94.3 Å². The minimum Gasteiger partial charge on any atom is -0.320 e. The molecule has 0 radical (unpaired) electrons. The van der Waals surface area contributed by atoms with Gasteiger partial charge in [-0.15, -0.1) is 0 Å². The van der Waals surface area contributed by atoms with Crippen molar-refractivity contribution in [3.63, 3.8) is 0 Å². The highest BCUT2D eigenvalue weighted by atomic mass is 79.9. The molecule has 1 aromatic rings. The van der Waals surface area contributed by atoms with E-state index in [1.165, 1.54) is 0 Å². The number of hydrazone groups is 1. The normalized spacial score (nSPS) is 14.1. The summed E-state index contributed by atoms with van der Waals surface area (Å²) in [5.41, 5.74) is 3.25. The van der Waals surface area contributed by atoms with Crippen LogP contribution in [-0.4, -0.2) is 17.5 Å². The van der Waals surface area contributed by atoms with E-state index < -0.39 is 5.91 Å². The number of nitrogens with zero attached hydrogens (tertiary/aromatic N) is 2. The van der Waals surface area contributed by atoms with E-state index in [-0.39, 0.29) is 24.5 Å². The average molecular weight is 321 g/mol. The van der Waals surface area contributed by atoms with Gasteiger partial charge in [-0.05, 0) is 18.2 Å². The molecule has 0 unspecified atom stereocenters. The molecule has 2 N–H and O–H groups in total. The first kappa shape index (κ1) is 13.2. The van der Waals surface area contributed by atoms with Gasteiger partial charge >= 0.3 is 0 Å². The van der Waals surface area contributed by atoms with Crippen LogP contribution >= 0.6 is 15.9 Å². The van der Waals surface area contributed by atoms with Gasteiger partial charge in [0.05, 0.1) is 11.3 Å². The molecule has 2 rings (SSSR count). The fourth-order valence-electron chi connectivity index (χ4n) is 1.55. The van der Waals surface area contributed by atoms with Crippen molar-refractivity contribution in [1.29, 1.82) is 5.26 Å². The van der Waals surface area contributed by atoms with Gasteiger partial charge in [-0.25, -0.2) is 5.43 Å². The summed E-state index contributed by atoms with van der Waals surface area (Å²) in [6.45, 7) is 0. The zero-order valence-electron chi connectivity index (χ0n) is 9.74. The summed E-state index contributed by atoms with van der Waals surface area (Å²) >= 11 is 3.27. The summed E-state index contributed by atoms with van der Waals surface area (Å²) in [5.74, 6) is -0.633. The van der Waals surface area contributed by atoms with Crippen molar-refractivity contribution in [1.82, 2.24) is 5.43 Å². The maximum Gasteiger partial charge on any atom is 0.271 e. The SMILES string of the molecule is N#Cc1ccc(Br)cc1NC(=O)C1=NNC(=O)CC1. The molecule has 1 aromatic carbocycles. The van der Waals surface area contributed by atoms with Gasteiger partial charge in [-0.1, -0.05) is 15.9 Å². The average Bonchev–Trinajstić information content (AvgIpc) is 2.39. The van der Waals surface area contributed by atoms with E-state index in [2.05, 4.69) is 31.8 Å². The van der Waals surface area contributed by atoms with Gasteiger partial charge < -0.3 is 5.32 Å². The van der Waals surface area contributed by atoms with Gasteiger partial charge in [-0.2, -0.15) is 10.4 Å². The summed E-state index contributed by atoms with van der Waals surface area (Å²) in [5, 5.41) is 15.3. The second kappa shape index (κ2) is 5.63. The van der Waals surface area contributed by atoms with Crippen LogP contribution in [0.3, 0.4) is 0 Å². The van der Waals surface area contributed by atoms with Crippen LogP contribution in [0.5, 0.6) is 0 Å². The largest absolute Gasteiger partial charge is 0.320 e. The van der Waals surface area contributed by atoms with E-state index in [9.17, 15) is 9.59 Å². The van der Waals surface area contributed by atoms with Crippen molar-refractivity contribution in [3.8, 4) is 6.07 Å². The Labute approximate surface area is 117 Å². The van der Waals surface area contributed by atoms with Crippen LogP contribution in [-0.2, 0) is 9.59 Å². The highest BCUT2D eigenvalue weighted by Gasteiger charge is 2.19. The first-order valence-corrected chi connectivity index (χ1v) is 6.26. The molecule has 19 heavy (non-hydrogen) atoms. The van der Waals surface area contributed by atoms with E-state index >= 15 is 0 Å². The van der Waals surface area contributed by atoms with E-state index in [1.54, 1.807) is 18.2 Å². The van der Waals surface area contributed by atoms with Gasteiger partial charge in [0.1, 0.15) is 11.8 Å². The number of hydrogen-bond acceptors (Lipinski definition) is 4. The van der Waals surface area contributed by atoms with Crippen molar-refractivity contribution in [2.24, 2.45) is 5.10 Å². The van der Waals surface area contributed by atoms with Crippen LogP contribution < -0.4 is 10.7 Å². The fraction of sp³-hybridized carbons (Fsp3) is 0.167. The van der Waals surface area contributed by atoms with E-state index in [0.29, 0.717) is 11.3 Å². The molecule has 0 atom stereocenters. The molecule has 96 valence electrons. The summed E-state index contributed by atoms with van der Waals surface area (Å²) in [4.78, 5) is 22.9. The number of halogens is 1. The number of carbonyl (C=O) groups excluding carboxylic acids is 2. The lowest BCUT2D eigenvalue weighted by molar-refractivity contribution is -0.121. The second-order valence-electron chi connectivity index (χ2n) is 3.85. The highest BCUT2D eigenvalue weighted by Crippen LogP contribution is 2.21. The maximum absolute atomic E-state index is 11.9. The number of benzene rings is 1. The number of nitriles is 1. The van der Waals surface area contributed by atoms with Crippen LogP contribution in [0.1, 0.15) is 18.4 Å². The third-order valence-corrected chi connectivity index (χ3v) is 3.01. The lowest BCUT2D eigenvalue weighted by Gasteiger charge is -2.12. The molecule has 1 heterocycles. The first-order valence-electron chi connectivity index (χ1n) is 5.46. The number of rotatable bonds is 2. The zero-order chi connectivity index (χ0) is 13.8. The van der Waals surface area contributed by atoms with Crippen molar-refractivity contribution >= 4 is 39.1 Å². The number of amides is 2. The molecular formula is C12H9BrN4O2. The second-order valence-corrected chi connectivity index (χ2v) is 4.76. The summed E-state index contributed by atoms with van der Waals surface area (Å²) in [6.07, 6.45) is 0.517. The van der Waals surface area contributed by atoms with Crippen LogP contribution in [0.2, 0.25) is 0 Å². The molecule has 0 fully saturated rings. The lowest BCUT2D eigenvalue weighted by atomic mass is 10.1. The Balaban J connectivity index is 2.18. The lowest BCUT2D eigenvalue weighted by Crippen LogP contribution is -2.32. The van der Waals surface area contributed by atoms with Crippen LogP contribution in [0.15, 0.2) is 27.8 Å². The Hall–Kier alpha value is -2.20. The minimum absolute atomic E-state index is 0.211. The maximum atomic E-state index is 11.9. The predicted molar refractivity (Wildman–Crippen MR) is 72.3 cm³/mol. The summed E-state index contributed by atoms with van der Waals surface area (Å²) in [7, 11) is 0. The van der Waals surface area contributed by atoms with Crippen molar-refractivity contribution in [2.45, 2.75) is 12.8 Å². The van der Waals surface area contributed by atoms with E-state index in [0.717, 1.165) is 4.47 Å². The van der Waals surface area contributed by atoms with Crippen molar-refractivity contribution in [2.75, 3.05) is 5.32 Å². The molecule has 0 spiro atoms. The van der Waals surface area contributed by atoms with Gasteiger partial charge in [0, 0.05) is 17.3 Å². The van der Waals surface area contributed by atoms with Crippen molar-refractivity contribution in [3.05, 3.63) is 28.2 Å². The Kier molecular flexibility index (Phi) is 3.92. The van der Waals surface area contributed by atoms with E-state index in [4.69, 9.17) is 5.26 Å². The number of carbonyl (C=O) groups is 2. The molecule has 0 aliphatic carbocycles. The van der Waals surface area contributed by atoms with Crippen LogP contribution in [0.25, 0.3) is 0 Å². The Morgan fingerprint density at radius 2 is 2.26 bits per heavy atom. The smallest absolute Gasteiger partial charge is 0.271 e. The van der Waals surface area contributed by atoms with Gasteiger partial charge in [0.2, 0.25) is 5.91 Å². The first-order chi connectivity index (χ1) is 9.10. The number of nitrogens with one attached hydrogen (secondary N) is 2. The van der Waals surface area contributed by atoms with Gasteiger partial charge in [-0.3, -0.25) is 9.59 Å². The molecule has 0 saturated carbocycles. The molecule has 2 amide bonds. The molecule has 0 saturated heterocycles. The highest BCUT2D eigenvalue weighted by molar-refractivity contribution is 9.10. The van der Waals surface area contributed by atoms with Crippen LogP contribution in [0.4, 0.5) is 5.69 Å². The molecule has 0 aromatic heterocycles. The third-order valence-electron chi connectivity index (χ3n) is 2.52. The molecule has 6 nitrogen and oxygen atoms in total. The summed E-state index contributed by atoms with van der Waals surface area (Å²) < 4.78 is 0.751. The van der Waals surface area contributed by atoms with E-state index in [1.807, 2.05) is 6.07 Å². The van der Waals surface area contributed by atoms with Gasteiger partial charge in [0.15, 0.2) is 0 Å². The fourth-order valence-corrected chi connectivity index (χ4v) is 1.91. The predicted octanol–water partition coefficient (Wildman–Crippen LogP) is 1.53. The third kappa shape index (κ3) is 3.17. The summed E-state index contributed by atoms with van der Waals surface area (Å²) in [6, 6.07) is 6.95. The Morgan fingerprint density at radius 1 is 1.47 bits per heavy atom. The number of anilines is 1. The standard InChI is InChI=1S/C12H9BrN4O2/c13-8-2-1-7(6-14)10(5-8)15-12(19)9-3-4-11(18)17-16-9/h1-2,5H,3-4H2,(H,15,19)(H,17,18). The molecule has 0 bridgehead atoms. The monoisotopic (exact) mass is 320 g/mol. The molecule has 7 heteroatoms. The minimum atomic E-state index is -0.422. The molecule has 1 aliphatic heterocycles. The number of hydrogen-bond donors (Lipinski definition) is 2.